The zero-order chi connectivity index (χ0) is 32.7. The van der Waals surface area contributed by atoms with Crippen LogP contribution < -0.4 is 24.8 Å². The Balaban J connectivity index is 1.61. The van der Waals surface area contributed by atoms with Gasteiger partial charge in [-0.1, -0.05) is 6.92 Å². The average Bonchev–Trinajstić information content (AvgIpc) is 3.46. The first-order valence-corrected chi connectivity index (χ1v) is 16.9. The Kier molecular flexibility index (Phi) is 11.5. The summed E-state index contributed by atoms with van der Waals surface area (Å²) in [6, 6.07) is 8.83. The second kappa shape index (κ2) is 15.1. The lowest BCUT2D eigenvalue weighted by Crippen LogP contribution is -2.47. The molecular formula is C31H44N4O9S. The lowest BCUT2D eigenvalue weighted by molar-refractivity contribution is -0.00828. The summed E-state index contributed by atoms with van der Waals surface area (Å²) in [6.45, 7) is 6.11. The molecule has 2 aliphatic heterocycles. The molecule has 2 aromatic rings. The van der Waals surface area contributed by atoms with E-state index in [0.717, 1.165) is 19.1 Å². The molecule has 0 spiro atoms. The van der Waals surface area contributed by atoms with Crippen molar-refractivity contribution in [1.29, 1.82) is 0 Å². The number of rotatable bonds is 7. The van der Waals surface area contributed by atoms with E-state index in [1.807, 2.05) is 13.8 Å². The van der Waals surface area contributed by atoms with Crippen LogP contribution in [0.2, 0.25) is 0 Å². The van der Waals surface area contributed by atoms with E-state index in [0.29, 0.717) is 41.7 Å². The van der Waals surface area contributed by atoms with Gasteiger partial charge in [-0.05, 0) is 63.4 Å². The molecule has 3 N–H and O–H groups in total. The minimum atomic E-state index is -3.45. The van der Waals surface area contributed by atoms with Crippen LogP contribution in [-0.2, 0) is 14.8 Å². The number of likely N-dealkylation sites (N-methyl/N-ethyl adjacent to an activating group) is 1. The third-order valence-corrected chi connectivity index (χ3v) is 9.22. The molecule has 13 nitrogen and oxygen atoms in total. The number of carbonyl (C=O) groups excluding carboxylic acids is 2. The smallest absolute Gasteiger partial charge is 0.323 e. The molecule has 0 radical (unpaired) electrons. The monoisotopic (exact) mass is 648 g/mol. The van der Waals surface area contributed by atoms with E-state index < -0.39 is 34.1 Å². The van der Waals surface area contributed by atoms with Gasteiger partial charge in [-0.25, -0.2) is 17.5 Å². The van der Waals surface area contributed by atoms with Crippen molar-refractivity contribution in [2.45, 2.75) is 58.3 Å². The molecule has 0 fully saturated rings. The Bertz CT molecular complexity index is 1450. The van der Waals surface area contributed by atoms with Crippen LogP contribution in [-0.4, -0.2) is 99.3 Å². The van der Waals surface area contributed by atoms with E-state index in [1.54, 1.807) is 43.3 Å². The van der Waals surface area contributed by atoms with Crippen molar-refractivity contribution < 1.29 is 42.1 Å². The van der Waals surface area contributed by atoms with Crippen molar-refractivity contribution in [3.63, 3.8) is 0 Å². The zero-order valence-electron chi connectivity index (χ0n) is 26.4. The number of ether oxygens (including phenoxy) is 4. The molecule has 45 heavy (non-hydrogen) atoms. The van der Waals surface area contributed by atoms with E-state index in [1.165, 1.54) is 16.3 Å². The molecule has 2 aromatic carbocycles. The number of fused-ring (bicyclic) bond motifs is 2. The topological polar surface area (TPSA) is 156 Å². The molecule has 14 heteroatoms. The highest BCUT2D eigenvalue weighted by atomic mass is 32.2. The van der Waals surface area contributed by atoms with E-state index in [-0.39, 0.29) is 44.1 Å². The van der Waals surface area contributed by atoms with Crippen LogP contribution in [0.4, 0.5) is 16.2 Å². The number of nitrogens with zero attached hydrogens (tertiary/aromatic N) is 2. The Morgan fingerprint density at radius 1 is 1.07 bits per heavy atom. The minimum absolute atomic E-state index is 0.116. The molecule has 0 bridgehead atoms. The molecule has 0 unspecified atom stereocenters. The van der Waals surface area contributed by atoms with Gasteiger partial charge in [0, 0.05) is 50.1 Å². The van der Waals surface area contributed by atoms with Crippen molar-refractivity contribution >= 4 is 33.3 Å². The van der Waals surface area contributed by atoms with Crippen LogP contribution >= 0.6 is 0 Å². The number of aliphatic hydroxyl groups is 1. The largest absolute Gasteiger partial charge is 0.490 e. The maximum absolute atomic E-state index is 14.2. The lowest BCUT2D eigenvalue weighted by Gasteiger charge is -2.35. The predicted octanol–water partition coefficient (Wildman–Crippen LogP) is 3.75. The van der Waals surface area contributed by atoms with Gasteiger partial charge < -0.3 is 39.6 Å². The Morgan fingerprint density at radius 3 is 2.42 bits per heavy atom. The summed E-state index contributed by atoms with van der Waals surface area (Å²) >= 11 is 0. The van der Waals surface area contributed by atoms with Crippen molar-refractivity contribution in [3.05, 3.63) is 42.0 Å². The number of aliphatic hydroxyl groups excluding tert-OH is 1. The first-order valence-electron chi connectivity index (χ1n) is 15.1. The summed E-state index contributed by atoms with van der Waals surface area (Å²) < 4.78 is 48.7. The molecule has 0 saturated heterocycles. The zero-order valence-corrected chi connectivity index (χ0v) is 27.3. The standard InChI is InChI=1S/C31H44N4O9S/c1-20-16-35(21(2)18-36)30(37)25-14-23(32-31(38)33-24-10-12-27-28(15-24)43-19-42-27)9-11-26(25)44-22(3)8-6-7-13-41-29(20)17-34(4)45(5,39)40/h9-12,14-15,20-22,29,36H,6-8,13,16-19H2,1-5H3,(H2,32,33,38)/t20-,21-,22+,29+/m1/s1. The number of hydrogen-bond acceptors (Lipinski definition) is 9. The third-order valence-electron chi connectivity index (χ3n) is 7.94. The van der Waals surface area contributed by atoms with Gasteiger partial charge in [0.15, 0.2) is 11.5 Å². The summed E-state index contributed by atoms with van der Waals surface area (Å²) in [5.74, 6) is 0.790. The second-order valence-electron chi connectivity index (χ2n) is 11.7. The summed E-state index contributed by atoms with van der Waals surface area (Å²) in [5, 5.41) is 15.6. The lowest BCUT2D eigenvalue weighted by atomic mass is 10.0. The van der Waals surface area contributed by atoms with E-state index in [2.05, 4.69) is 10.6 Å². The molecular weight excluding hydrogens is 604 g/mol. The third kappa shape index (κ3) is 9.22. The van der Waals surface area contributed by atoms with Crippen LogP contribution in [0.1, 0.15) is 50.4 Å². The molecule has 4 atom stereocenters. The number of amides is 3. The van der Waals surface area contributed by atoms with Crippen LogP contribution in [0, 0.1) is 5.92 Å². The Hall–Kier alpha value is -3.59. The van der Waals surface area contributed by atoms with Gasteiger partial charge >= 0.3 is 6.03 Å². The van der Waals surface area contributed by atoms with Gasteiger partial charge in [-0.3, -0.25) is 4.79 Å². The highest BCUT2D eigenvalue weighted by Gasteiger charge is 2.31. The molecule has 2 heterocycles. The van der Waals surface area contributed by atoms with Gasteiger partial charge in [0.05, 0.1) is 36.7 Å². The van der Waals surface area contributed by atoms with Gasteiger partial charge in [0.2, 0.25) is 16.8 Å². The fraction of sp³-hybridized carbons (Fsp3) is 0.548. The predicted molar refractivity (Wildman–Crippen MR) is 170 cm³/mol. The van der Waals surface area contributed by atoms with Gasteiger partial charge in [-0.15, -0.1) is 0 Å². The maximum Gasteiger partial charge on any atom is 0.323 e. The normalized spacial score (nSPS) is 21.8. The first kappa shape index (κ1) is 34.3. The van der Waals surface area contributed by atoms with E-state index in [9.17, 15) is 23.1 Å². The number of sulfonamides is 1. The molecule has 2 aliphatic rings. The average molecular weight is 649 g/mol. The van der Waals surface area contributed by atoms with E-state index >= 15 is 0 Å². The van der Waals surface area contributed by atoms with Gasteiger partial charge in [0.25, 0.3) is 5.91 Å². The van der Waals surface area contributed by atoms with Crippen LogP contribution in [0.3, 0.4) is 0 Å². The SMILES string of the molecule is C[C@@H]1CN([C@H](C)CO)C(=O)c2cc(NC(=O)Nc3ccc4c(c3)OCO4)ccc2O[C@@H](C)CCCCO[C@H]1CN(C)S(C)(=O)=O. The number of urea groups is 1. The van der Waals surface area contributed by atoms with Crippen molar-refractivity contribution in [3.8, 4) is 17.2 Å². The summed E-state index contributed by atoms with van der Waals surface area (Å²) in [4.78, 5) is 28.7. The Morgan fingerprint density at radius 2 is 1.73 bits per heavy atom. The van der Waals surface area contributed by atoms with Crippen LogP contribution in [0.5, 0.6) is 17.2 Å². The minimum Gasteiger partial charge on any atom is -0.490 e. The van der Waals surface area contributed by atoms with Crippen LogP contribution in [0.25, 0.3) is 0 Å². The van der Waals surface area contributed by atoms with Crippen molar-refractivity contribution in [1.82, 2.24) is 9.21 Å². The second-order valence-corrected chi connectivity index (χ2v) is 13.8. The highest BCUT2D eigenvalue weighted by Crippen LogP contribution is 2.34. The van der Waals surface area contributed by atoms with Crippen molar-refractivity contribution in [2.24, 2.45) is 5.92 Å². The molecule has 0 aromatic heterocycles. The fourth-order valence-electron chi connectivity index (χ4n) is 5.12. The summed E-state index contributed by atoms with van der Waals surface area (Å²) in [6.07, 6.45) is 2.69. The molecule has 248 valence electrons. The molecule has 0 saturated carbocycles. The molecule has 0 aliphatic carbocycles. The maximum atomic E-state index is 14.2. The van der Waals surface area contributed by atoms with Gasteiger partial charge in [-0.2, -0.15) is 0 Å². The van der Waals surface area contributed by atoms with Crippen LogP contribution in [0.15, 0.2) is 36.4 Å². The fourth-order valence-corrected chi connectivity index (χ4v) is 5.54. The number of carbonyl (C=O) groups is 2. The summed E-state index contributed by atoms with van der Waals surface area (Å²) in [7, 11) is -1.95. The first-order chi connectivity index (χ1) is 21.3. The van der Waals surface area contributed by atoms with Gasteiger partial charge in [0.1, 0.15) is 5.75 Å². The Labute approximate surface area is 264 Å². The molecule has 3 amide bonds. The number of nitrogens with one attached hydrogen (secondary N) is 2. The van der Waals surface area contributed by atoms with Crippen molar-refractivity contribution in [2.75, 3.05) is 57.0 Å². The highest BCUT2D eigenvalue weighted by molar-refractivity contribution is 7.88. The summed E-state index contributed by atoms with van der Waals surface area (Å²) in [5.41, 5.74) is 1.08. The number of hydrogen-bond donors (Lipinski definition) is 3. The quantitative estimate of drug-likeness (QED) is 0.407. The molecule has 4 rings (SSSR count). The number of benzene rings is 2. The van der Waals surface area contributed by atoms with E-state index in [4.69, 9.17) is 18.9 Å². The number of anilines is 2.